The molecule has 21 heteroatoms. The Morgan fingerprint density at radius 1 is 0.253 bits per heavy atom. The van der Waals surface area contributed by atoms with E-state index in [1.165, 1.54) is 9.81 Å². The van der Waals surface area contributed by atoms with Crippen LogP contribution in [0.2, 0.25) is 0 Å². The third kappa shape index (κ3) is 21.9. The Morgan fingerprint density at radius 3 is 0.494 bits per heavy atom. The third-order valence-electron chi connectivity index (χ3n) is 10.8. The fourth-order valence-electron chi connectivity index (χ4n) is 7.06. The normalized spacial score (nSPS) is 10.9. The van der Waals surface area contributed by atoms with Crippen LogP contribution in [0.5, 0.6) is 0 Å². The molecule has 0 bridgehead atoms. The number of carbonyl (C=O) groups is 6. The molecular formula is C66H57Bi3O12S6. The summed E-state index contributed by atoms with van der Waals surface area (Å²) in [5.41, 5.74) is 2.26. The van der Waals surface area contributed by atoms with Gasteiger partial charge in [-0.3, -0.25) is 0 Å². The summed E-state index contributed by atoms with van der Waals surface area (Å²) in [6.45, 7) is 32.1. The zero-order valence-corrected chi connectivity index (χ0v) is 63.4. The second kappa shape index (κ2) is 33.4. The van der Waals surface area contributed by atoms with Gasteiger partial charge in [-0.15, -0.1) is 0 Å². The number of hydrogen-bond donors (Lipinski definition) is 0. The van der Waals surface area contributed by atoms with Crippen molar-refractivity contribution >= 4 is 153 Å². The van der Waals surface area contributed by atoms with Crippen LogP contribution in [0.4, 0.5) is 0 Å². The zero-order valence-electron chi connectivity index (χ0n) is 48.0. The predicted molar refractivity (Wildman–Crippen MR) is 358 cm³/mol. The first-order valence-corrected chi connectivity index (χ1v) is 61.4. The number of carbonyl (C=O) groups excluding carboxylic acids is 6. The molecule has 0 aromatic heterocycles. The Labute approximate surface area is 546 Å². The van der Waals surface area contributed by atoms with Crippen LogP contribution in [0.3, 0.4) is 0 Å². The maximum atomic E-state index is 13.0. The molecular weight excluding hydrogens is 1800 g/mol. The molecule has 0 aliphatic carbocycles. The van der Waals surface area contributed by atoms with Gasteiger partial charge in [0.25, 0.3) is 0 Å². The summed E-state index contributed by atoms with van der Waals surface area (Å²) < 4.78 is 35.7. The van der Waals surface area contributed by atoms with Gasteiger partial charge < -0.3 is 0 Å². The van der Waals surface area contributed by atoms with E-state index in [0.29, 0.717) is 33.4 Å². The summed E-state index contributed by atoms with van der Waals surface area (Å²) in [4.78, 5) is 83.9. The summed E-state index contributed by atoms with van der Waals surface area (Å²) in [6, 6.07) is 51.3. The summed E-state index contributed by atoms with van der Waals surface area (Å²) in [5, 5.41) is 0. The molecule has 0 aliphatic rings. The minimum absolute atomic E-state index is 0.279. The van der Waals surface area contributed by atoms with Crippen LogP contribution < -0.4 is 9.81 Å². The first-order valence-electron chi connectivity index (χ1n) is 25.9. The van der Waals surface area contributed by atoms with Crippen LogP contribution >= 0.6 is 51.1 Å². The van der Waals surface area contributed by atoms with E-state index >= 15 is 0 Å². The topological polar surface area (TPSA) is 158 Å². The van der Waals surface area contributed by atoms with Gasteiger partial charge in [-0.05, 0) is 0 Å². The molecule has 0 radical (unpaired) electrons. The van der Waals surface area contributed by atoms with Crippen molar-refractivity contribution in [2.75, 3.05) is 0 Å². The van der Waals surface area contributed by atoms with E-state index in [9.17, 15) is 28.8 Å². The van der Waals surface area contributed by atoms with Gasteiger partial charge in [-0.1, -0.05) is 0 Å². The van der Waals surface area contributed by atoms with E-state index in [1.54, 1.807) is 165 Å². The van der Waals surface area contributed by atoms with Gasteiger partial charge >= 0.3 is 553 Å². The van der Waals surface area contributed by atoms with Crippen LogP contribution in [0.1, 0.15) is 104 Å². The molecule has 0 aliphatic heterocycles. The molecule has 0 fully saturated rings. The number of ether oxygens (including phenoxy) is 6. The third-order valence-corrected chi connectivity index (χ3v) is 71.8. The van der Waals surface area contributed by atoms with E-state index in [-0.39, 0.29) is 34.6 Å². The standard InChI is InChI=1S/6C10H10O2S.C6H3.3Bi/c6*1-7(2)12-10(11)8-3-5-9(13)6-4-8;1-2-4-6-5-3-1;;;/h6*3-6,13H,1H2,2H3;1,4-5H;;;/q;;;;;;;3*+2/p-6. The van der Waals surface area contributed by atoms with Crippen molar-refractivity contribution in [2.45, 2.75) is 70.9 Å². The SMILES string of the molecule is C=C(C)OC(=O)c1ccc([S][Bi]([S]c2ccc(C(=O)OC(=C)C)cc2)[c]2c[c]([Bi]([S]c3ccc(C(=O)OC(=C)C)cc3)[S]c3ccc(C(=O)OC(=C)C)cc3)c[c]([Bi]([S]c3ccc(C(=O)OC(=C)C)cc3)[S]c3ccc(C(=O)OC(=C)C)cc3)c2)cc1. The van der Waals surface area contributed by atoms with Crippen LogP contribution in [-0.2, 0) is 28.4 Å². The van der Waals surface area contributed by atoms with Crippen molar-refractivity contribution in [1.82, 2.24) is 0 Å². The predicted octanol–water partition coefficient (Wildman–Crippen LogP) is 15.7. The number of allylic oxidation sites excluding steroid dienone is 6. The first-order chi connectivity index (χ1) is 41.4. The van der Waals surface area contributed by atoms with Crippen LogP contribution in [0, 0.1) is 0 Å². The molecule has 0 amide bonds. The van der Waals surface area contributed by atoms with E-state index < -0.39 is 92.3 Å². The van der Waals surface area contributed by atoms with Crippen LogP contribution in [-0.4, -0.2) is 92.3 Å². The molecule has 0 unspecified atom stereocenters. The zero-order chi connectivity index (χ0) is 62.9. The van der Waals surface area contributed by atoms with Crippen molar-refractivity contribution in [3.63, 3.8) is 0 Å². The second-order valence-electron chi connectivity index (χ2n) is 18.7. The number of rotatable bonds is 27. The Kier molecular flexibility index (Phi) is 26.5. The van der Waals surface area contributed by atoms with Gasteiger partial charge in [-0.2, -0.15) is 0 Å². The van der Waals surface area contributed by atoms with E-state index in [1.807, 2.05) is 72.8 Å². The number of hydrogen-bond acceptors (Lipinski definition) is 18. The molecule has 7 aromatic carbocycles. The number of benzene rings is 7. The fourth-order valence-corrected chi connectivity index (χ4v) is 74.0. The maximum absolute atomic E-state index is 13.0. The molecule has 0 atom stereocenters. The fraction of sp³-hybridized carbons (Fsp3) is 0.0909. The van der Waals surface area contributed by atoms with E-state index in [2.05, 4.69) is 57.7 Å². The molecule has 0 saturated heterocycles. The molecule has 0 spiro atoms. The monoisotopic (exact) mass is 1860 g/mol. The molecule has 444 valence electrons. The van der Waals surface area contributed by atoms with E-state index in [4.69, 9.17) is 28.4 Å². The molecule has 7 rings (SSSR count). The van der Waals surface area contributed by atoms with Crippen molar-refractivity contribution in [1.29, 1.82) is 0 Å². The molecule has 87 heavy (non-hydrogen) atoms. The molecule has 7 aromatic rings. The molecule has 12 nitrogen and oxygen atoms in total. The summed E-state index contributed by atoms with van der Waals surface area (Å²) in [5.74, 6) is -1.39. The van der Waals surface area contributed by atoms with Crippen LogP contribution in [0.25, 0.3) is 0 Å². The first kappa shape index (κ1) is 69.0. The Balaban J connectivity index is 1.45. The van der Waals surface area contributed by atoms with Gasteiger partial charge in [0, 0.05) is 0 Å². The van der Waals surface area contributed by atoms with Gasteiger partial charge in [0.15, 0.2) is 0 Å². The Hall–Kier alpha value is -5.45. The van der Waals surface area contributed by atoms with Gasteiger partial charge in [0.2, 0.25) is 0 Å². The summed E-state index contributed by atoms with van der Waals surface area (Å²) >= 11 is -10.1. The quantitative estimate of drug-likeness (QED) is 0.0207. The van der Waals surface area contributed by atoms with Crippen molar-refractivity contribution < 1.29 is 57.2 Å². The molecule has 0 N–H and O–H groups in total. The van der Waals surface area contributed by atoms with Crippen LogP contribution in [0.15, 0.2) is 267 Å². The average Bonchev–Trinajstić information content (AvgIpc) is 2.27. The molecule has 0 heterocycles. The van der Waals surface area contributed by atoms with E-state index in [0.717, 1.165) is 29.4 Å². The minimum atomic E-state index is -3.36. The Bertz CT molecular complexity index is 3160. The average molecular weight is 1860 g/mol. The second-order valence-corrected chi connectivity index (χ2v) is 72.8. The van der Waals surface area contributed by atoms with Gasteiger partial charge in [0.05, 0.1) is 0 Å². The van der Waals surface area contributed by atoms with Gasteiger partial charge in [-0.25, -0.2) is 0 Å². The summed E-state index contributed by atoms with van der Waals surface area (Å²) in [6.07, 6.45) is 0. The Morgan fingerprint density at radius 2 is 0.379 bits per heavy atom. The molecule has 0 saturated carbocycles. The summed E-state index contributed by atoms with van der Waals surface area (Å²) in [7, 11) is 10.8. The van der Waals surface area contributed by atoms with Gasteiger partial charge in [0.1, 0.15) is 0 Å². The number of esters is 6. The van der Waals surface area contributed by atoms with Crippen molar-refractivity contribution in [3.8, 4) is 0 Å². The van der Waals surface area contributed by atoms with Crippen molar-refractivity contribution in [2.24, 2.45) is 0 Å². The van der Waals surface area contributed by atoms with Crippen molar-refractivity contribution in [3.05, 3.63) is 271 Å².